The van der Waals surface area contributed by atoms with Gasteiger partial charge in [0.15, 0.2) is 0 Å². The molecule has 0 unspecified atom stereocenters. The van der Waals surface area contributed by atoms with Gasteiger partial charge in [0, 0.05) is 18.7 Å². The van der Waals surface area contributed by atoms with Crippen molar-refractivity contribution >= 4 is 11.6 Å². The van der Waals surface area contributed by atoms with Gasteiger partial charge in [-0.15, -0.1) is 0 Å². The van der Waals surface area contributed by atoms with E-state index in [1.54, 1.807) is 13.2 Å². The number of allylic oxidation sites excluding steroid dienone is 1. The van der Waals surface area contributed by atoms with E-state index in [1.807, 2.05) is 6.08 Å². The standard InChI is InChI=1S/C14H19ClFNO/c1-18-10-9-17-8-4-2-3-5-12-11-13(16)6-7-14(12)15/h2-3,6-7,11,17H,4-5,8-10H2,1H3/b3-2+. The summed E-state index contributed by atoms with van der Waals surface area (Å²) in [4.78, 5) is 0. The molecule has 0 atom stereocenters. The van der Waals surface area contributed by atoms with E-state index in [0.29, 0.717) is 11.4 Å². The van der Waals surface area contributed by atoms with E-state index < -0.39 is 0 Å². The van der Waals surface area contributed by atoms with E-state index in [2.05, 4.69) is 11.4 Å². The molecular formula is C14H19ClFNO. The average Bonchev–Trinajstić information content (AvgIpc) is 2.36. The van der Waals surface area contributed by atoms with Gasteiger partial charge in [-0.25, -0.2) is 4.39 Å². The average molecular weight is 272 g/mol. The summed E-state index contributed by atoms with van der Waals surface area (Å²) >= 11 is 5.97. The van der Waals surface area contributed by atoms with Crippen LogP contribution in [0, 0.1) is 5.82 Å². The van der Waals surface area contributed by atoms with E-state index in [4.69, 9.17) is 16.3 Å². The Labute approximate surface area is 113 Å². The molecule has 0 amide bonds. The Morgan fingerprint density at radius 1 is 1.33 bits per heavy atom. The van der Waals surface area contributed by atoms with Crippen LogP contribution in [0.25, 0.3) is 0 Å². The molecule has 0 aromatic heterocycles. The highest BCUT2D eigenvalue weighted by molar-refractivity contribution is 6.31. The van der Waals surface area contributed by atoms with Crippen molar-refractivity contribution in [1.29, 1.82) is 0 Å². The second-order valence-electron chi connectivity index (χ2n) is 3.94. The predicted molar refractivity (Wildman–Crippen MR) is 73.6 cm³/mol. The van der Waals surface area contributed by atoms with Crippen LogP contribution in [0.15, 0.2) is 30.4 Å². The second-order valence-corrected chi connectivity index (χ2v) is 4.35. The molecular weight excluding hydrogens is 253 g/mol. The molecule has 0 saturated heterocycles. The lowest BCUT2D eigenvalue weighted by Gasteiger charge is -2.02. The van der Waals surface area contributed by atoms with Gasteiger partial charge in [-0.3, -0.25) is 0 Å². The molecule has 18 heavy (non-hydrogen) atoms. The number of ether oxygens (including phenoxy) is 1. The van der Waals surface area contributed by atoms with Gasteiger partial charge in [0.2, 0.25) is 0 Å². The Kier molecular flexibility index (Phi) is 7.65. The number of benzene rings is 1. The van der Waals surface area contributed by atoms with Crippen LogP contribution in [0.5, 0.6) is 0 Å². The highest BCUT2D eigenvalue weighted by atomic mass is 35.5. The molecule has 0 aliphatic rings. The summed E-state index contributed by atoms with van der Waals surface area (Å²) in [7, 11) is 1.68. The fourth-order valence-corrected chi connectivity index (χ4v) is 1.71. The quantitative estimate of drug-likeness (QED) is 0.579. The molecule has 1 aromatic rings. The van der Waals surface area contributed by atoms with Gasteiger partial charge >= 0.3 is 0 Å². The third kappa shape index (κ3) is 6.15. The molecule has 4 heteroatoms. The van der Waals surface area contributed by atoms with Crippen molar-refractivity contribution in [2.75, 3.05) is 26.8 Å². The summed E-state index contributed by atoms with van der Waals surface area (Å²) in [5, 5.41) is 3.85. The largest absolute Gasteiger partial charge is 0.383 e. The fraction of sp³-hybridized carbons (Fsp3) is 0.429. The summed E-state index contributed by atoms with van der Waals surface area (Å²) in [6, 6.07) is 4.44. The Bertz CT molecular complexity index is 382. The third-order valence-electron chi connectivity index (χ3n) is 2.48. The van der Waals surface area contributed by atoms with Crippen molar-refractivity contribution in [3.63, 3.8) is 0 Å². The van der Waals surface area contributed by atoms with Crippen molar-refractivity contribution < 1.29 is 9.13 Å². The molecule has 0 spiro atoms. The highest BCUT2D eigenvalue weighted by Gasteiger charge is 1.99. The van der Waals surface area contributed by atoms with Crippen molar-refractivity contribution in [1.82, 2.24) is 5.32 Å². The van der Waals surface area contributed by atoms with Gasteiger partial charge in [-0.2, -0.15) is 0 Å². The number of hydrogen-bond acceptors (Lipinski definition) is 2. The summed E-state index contributed by atoms with van der Waals surface area (Å²) in [6.45, 7) is 2.50. The SMILES string of the molecule is COCCNCC/C=C/Cc1cc(F)ccc1Cl. The first-order valence-corrected chi connectivity index (χ1v) is 6.40. The lowest BCUT2D eigenvalue weighted by molar-refractivity contribution is 0.199. The van der Waals surface area contributed by atoms with E-state index in [9.17, 15) is 4.39 Å². The topological polar surface area (TPSA) is 21.3 Å². The Morgan fingerprint density at radius 3 is 2.94 bits per heavy atom. The molecule has 0 aliphatic carbocycles. The van der Waals surface area contributed by atoms with Crippen LogP contribution in [0.2, 0.25) is 5.02 Å². The minimum Gasteiger partial charge on any atom is -0.383 e. The highest BCUT2D eigenvalue weighted by Crippen LogP contribution is 2.17. The molecule has 2 nitrogen and oxygen atoms in total. The molecule has 0 radical (unpaired) electrons. The predicted octanol–water partition coefficient (Wildman–Crippen LogP) is 3.20. The Balaban J connectivity index is 2.21. The normalized spacial score (nSPS) is 11.3. The van der Waals surface area contributed by atoms with E-state index in [0.717, 1.165) is 31.7 Å². The zero-order valence-corrected chi connectivity index (χ0v) is 11.3. The zero-order valence-electron chi connectivity index (χ0n) is 10.6. The summed E-state index contributed by atoms with van der Waals surface area (Å²) in [5.41, 5.74) is 0.820. The summed E-state index contributed by atoms with van der Waals surface area (Å²) in [6.07, 6.45) is 5.69. The first kappa shape index (κ1) is 15.2. The van der Waals surface area contributed by atoms with Crippen molar-refractivity contribution in [2.24, 2.45) is 0 Å². The first-order valence-electron chi connectivity index (χ1n) is 6.02. The van der Waals surface area contributed by atoms with Crippen molar-refractivity contribution in [2.45, 2.75) is 12.8 Å². The maximum atomic E-state index is 13.0. The molecule has 0 fully saturated rings. The van der Waals surface area contributed by atoms with E-state index in [-0.39, 0.29) is 5.82 Å². The maximum absolute atomic E-state index is 13.0. The minimum atomic E-state index is -0.246. The van der Waals surface area contributed by atoms with Crippen LogP contribution in [-0.4, -0.2) is 26.8 Å². The second kappa shape index (κ2) is 9.09. The molecule has 1 aromatic carbocycles. The molecule has 0 heterocycles. The van der Waals surface area contributed by atoms with Gasteiger partial charge in [0.05, 0.1) is 6.61 Å². The van der Waals surface area contributed by atoms with Crippen LogP contribution in [0.4, 0.5) is 4.39 Å². The van der Waals surface area contributed by atoms with E-state index >= 15 is 0 Å². The monoisotopic (exact) mass is 271 g/mol. The third-order valence-corrected chi connectivity index (χ3v) is 2.85. The first-order chi connectivity index (χ1) is 8.74. The van der Waals surface area contributed by atoms with Gasteiger partial charge in [-0.1, -0.05) is 23.8 Å². The van der Waals surface area contributed by atoms with Crippen LogP contribution in [0.3, 0.4) is 0 Å². The molecule has 0 aliphatic heterocycles. The fourth-order valence-electron chi connectivity index (χ4n) is 1.51. The van der Waals surface area contributed by atoms with E-state index in [1.165, 1.54) is 12.1 Å². The smallest absolute Gasteiger partial charge is 0.123 e. The zero-order chi connectivity index (χ0) is 13.2. The molecule has 1 rings (SSSR count). The Morgan fingerprint density at radius 2 is 2.17 bits per heavy atom. The molecule has 100 valence electrons. The lowest BCUT2D eigenvalue weighted by atomic mass is 10.1. The molecule has 1 N–H and O–H groups in total. The van der Waals surface area contributed by atoms with Gasteiger partial charge in [-0.05, 0) is 43.1 Å². The van der Waals surface area contributed by atoms with Crippen LogP contribution in [0.1, 0.15) is 12.0 Å². The molecule has 0 bridgehead atoms. The Hall–Kier alpha value is -0.900. The van der Waals surface area contributed by atoms with Gasteiger partial charge < -0.3 is 10.1 Å². The lowest BCUT2D eigenvalue weighted by Crippen LogP contribution is -2.19. The minimum absolute atomic E-state index is 0.246. The number of halogens is 2. The number of nitrogens with one attached hydrogen (secondary N) is 1. The number of rotatable bonds is 8. The van der Waals surface area contributed by atoms with Crippen LogP contribution in [-0.2, 0) is 11.2 Å². The van der Waals surface area contributed by atoms with Gasteiger partial charge in [0.1, 0.15) is 5.82 Å². The molecule has 0 saturated carbocycles. The van der Waals surface area contributed by atoms with Crippen LogP contribution >= 0.6 is 11.6 Å². The number of methoxy groups -OCH3 is 1. The number of hydrogen-bond donors (Lipinski definition) is 1. The van der Waals surface area contributed by atoms with Gasteiger partial charge in [0.25, 0.3) is 0 Å². The van der Waals surface area contributed by atoms with Crippen molar-refractivity contribution in [3.05, 3.63) is 46.8 Å². The van der Waals surface area contributed by atoms with Crippen molar-refractivity contribution in [3.8, 4) is 0 Å². The van der Waals surface area contributed by atoms with Crippen LogP contribution < -0.4 is 5.32 Å². The summed E-state index contributed by atoms with van der Waals surface area (Å²) in [5.74, 6) is -0.246. The summed E-state index contributed by atoms with van der Waals surface area (Å²) < 4.78 is 17.9. The maximum Gasteiger partial charge on any atom is 0.123 e.